The van der Waals surface area contributed by atoms with Crippen molar-refractivity contribution in [1.82, 2.24) is 4.90 Å². The third-order valence-electron chi connectivity index (χ3n) is 4.53. The number of aliphatic carboxylic acids is 1. The van der Waals surface area contributed by atoms with Gasteiger partial charge in [0.2, 0.25) is 0 Å². The number of halogens is 3. The summed E-state index contributed by atoms with van der Waals surface area (Å²) in [7, 11) is 0. The first kappa shape index (κ1) is 18.8. The Labute approximate surface area is 140 Å². The molecule has 1 N–H and O–H groups in total. The zero-order valence-electron chi connectivity index (χ0n) is 13.9. The minimum Gasteiger partial charge on any atom is -0.481 e. The van der Waals surface area contributed by atoms with Crippen molar-refractivity contribution in [2.75, 3.05) is 19.6 Å². The van der Waals surface area contributed by atoms with Crippen LogP contribution in [0.15, 0.2) is 24.3 Å². The van der Waals surface area contributed by atoms with Crippen molar-refractivity contribution in [2.45, 2.75) is 38.8 Å². The van der Waals surface area contributed by atoms with Crippen LogP contribution >= 0.6 is 0 Å². The van der Waals surface area contributed by atoms with Gasteiger partial charge in [0.1, 0.15) is 0 Å². The van der Waals surface area contributed by atoms with Crippen LogP contribution in [0.2, 0.25) is 0 Å². The van der Waals surface area contributed by atoms with Crippen LogP contribution in [0.25, 0.3) is 0 Å². The lowest BCUT2D eigenvalue weighted by Crippen LogP contribution is -2.42. The molecule has 2 rings (SSSR count). The quantitative estimate of drug-likeness (QED) is 0.792. The summed E-state index contributed by atoms with van der Waals surface area (Å²) in [6.45, 7) is 4.33. The van der Waals surface area contributed by atoms with Crippen LogP contribution < -0.4 is 0 Å². The Morgan fingerprint density at radius 2 is 2.04 bits per heavy atom. The minimum absolute atomic E-state index is 0.308. The van der Waals surface area contributed by atoms with Crippen LogP contribution in [0, 0.1) is 11.8 Å². The van der Waals surface area contributed by atoms with Gasteiger partial charge in [0.15, 0.2) is 0 Å². The standard InChI is InChI=1S/C18H24F3NO2/c1-13-9-15(17(23)24)12-22(11-13)8-3-2-5-14-6-4-7-16(10-14)18(19,20)21/h4,6-7,10,13,15H,2-3,5,8-9,11-12H2,1H3,(H,23,24). The number of carboxylic acids is 1. The van der Waals surface area contributed by atoms with Gasteiger partial charge in [-0.2, -0.15) is 13.2 Å². The molecule has 1 fully saturated rings. The van der Waals surface area contributed by atoms with Crippen molar-refractivity contribution in [3.05, 3.63) is 35.4 Å². The smallest absolute Gasteiger partial charge is 0.416 e. The molecule has 1 aromatic carbocycles. The molecule has 0 amide bonds. The van der Waals surface area contributed by atoms with Crippen LogP contribution in [0.3, 0.4) is 0 Å². The van der Waals surface area contributed by atoms with E-state index in [4.69, 9.17) is 5.11 Å². The largest absolute Gasteiger partial charge is 0.481 e. The summed E-state index contributed by atoms with van der Waals surface area (Å²) in [5.74, 6) is -0.684. The highest BCUT2D eigenvalue weighted by Crippen LogP contribution is 2.29. The van der Waals surface area contributed by atoms with Crippen LogP contribution in [-0.4, -0.2) is 35.6 Å². The molecule has 2 atom stereocenters. The third kappa shape index (κ3) is 5.51. The molecular weight excluding hydrogens is 319 g/mol. The predicted octanol–water partition coefficient (Wildman–Crippen LogP) is 4.07. The predicted molar refractivity (Wildman–Crippen MR) is 85.7 cm³/mol. The Kier molecular flexibility index (Phi) is 6.27. The highest BCUT2D eigenvalue weighted by atomic mass is 19.4. The van der Waals surface area contributed by atoms with E-state index in [1.807, 2.05) is 0 Å². The van der Waals surface area contributed by atoms with E-state index in [2.05, 4.69) is 11.8 Å². The summed E-state index contributed by atoms with van der Waals surface area (Å²) >= 11 is 0. The molecule has 0 aromatic heterocycles. The zero-order chi connectivity index (χ0) is 17.7. The van der Waals surface area contributed by atoms with E-state index in [9.17, 15) is 18.0 Å². The highest BCUT2D eigenvalue weighted by molar-refractivity contribution is 5.70. The average molecular weight is 343 g/mol. The van der Waals surface area contributed by atoms with Gasteiger partial charge in [0.05, 0.1) is 11.5 Å². The van der Waals surface area contributed by atoms with Crippen LogP contribution in [0.4, 0.5) is 13.2 Å². The van der Waals surface area contributed by atoms with Crippen LogP contribution in [0.1, 0.15) is 37.3 Å². The number of hydrogen-bond donors (Lipinski definition) is 1. The lowest BCUT2D eigenvalue weighted by molar-refractivity contribution is -0.144. The number of likely N-dealkylation sites (tertiary alicyclic amines) is 1. The first-order valence-electron chi connectivity index (χ1n) is 8.37. The number of carboxylic acid groups (broad SMARTS) is 1. The Balaban J connectivity index is 1.78. The normalized spacial score (nSPS) is 22.5. The molecule has 0 saturated carbocycles. The molecule has 0 radical (unpaired) electrons. The van der Waals surface area contributed by atoms with Gasteiger partial charge in [-0.1, -0.05) is 25.1 Å². The number of rotatable bonds is 6. The molecule has 1 aliphatic rings. The van der Waals surface area contributed by atoms with Crippen molar-refractivity contribution in [3.8, 4) is 0 Å². The Morgan fingerprint density at radius 1 is 1.29 bits per heavy atom. The van der Waals surface area contributed by atoms with Gasteiger partial charge in [-0.3, -0.25) is 4.79 Å². The van der Waals surface area contributed by atoms with Gasteiger partial charge in [-0.25, -0.2) is 0 Å². The van der Waals surface area contributed by atoms with E-state index in [1.165, 1.54) is 12.1 Å². The summed E-state index contributed by atoms with van der Waals surface area (Å²) in [4.78, 5) is 13.3. The molecule has 1 aliphatic heterocycles. The summed E-state index contributed by atoms with van der Waals surface area (Å²) in [5, 5.41) is 9.17. The van der Waals surface area contributed by atoms with Crippen molar-refractivity contribution in [3.63, 3.8) is 0 Å². The van der Waals surface area contributed by atoms with E-state index < -0.39 is 17.7 Å². The number of carbonyl (C=O) groups is 1. The highest BCUT2D eigenvalue weighted by Gasteiger charge is 2.30. The lowest BCUT2D eigenvalue weighted by Gasteiger charge is -2.34. The molecule has 0 spiro atoms. The van der Waals surface area contributed by atoms with E-state index in [1.54, 1.807) is 6.07 Å². The van der Waals surface area contributed by atoms with Gasteiger partial charge in [0, 0.05) is 13.1 Å². The number of alkyl halides is 3. The maximum Gasteiger partial charge on any atom is 0.416 e. The maximum absolute atomic E-state index is 12.7. The van der Waals surface area contributed by atoms with Crippen LogP contribution in [0.5, 0.6) is 0 Å². The van der Waals surface area contributed by atoms with Gasteiger partial charge < -0.3 is 10.0 Å². The fraction of sp³-hybridized carbons (Fsp3) is 0.611. The molecule has 0 bridgehead atoms. The van der Waals surface area contributed by atoms with E-state index in [0.29, 0.717) is 24.4 Å². The van der Waals surface area contributed by atoms with Crippen molar-refractivity contribution < 1.29 is 23.1 Å². The van der Waals surface area contributed by atoms with Gasteiger partial charge in [-0.05, 0) is 49.8 Å². The number of piperidine rings is 1. The van der Waals surface area contributed by atoms with Gasteiger partial charge in [0.25, 0.3) is 0 Å². The zero-order valence-corrected chi connectivity index (χ0v) is 13.9. The lowest BCUT2D eigenvalue weighted by atomic mass is 9.90. The molecule has 1 saturated heterocycles. The first-order chi connectivity index (χ1) is 11.3. The summed E-state index contributed by atoms with van der Waals surface area (Å²) in [5.41, 5.74) is 0.0920. The number of hydrogen-bond acceptors (Lipinski definition) is 2. The summed E-state index contributed by atoms with van der Waals surface area (Å²) in [6.07, 6.45) is -1.32. The van der Waals surface area contributed by atoms with E-state index >= 15 is 0 Å². The molecular formula is C18H24F3NO2. The molecule has 0 aliphatic carbocycles. The second kappa shape index (κ2) is 8.01. The molecule has 3 nitrogen and oxygen atoms in total. The number of aryl methyl sites for hydroxylation is 1. The number of benzene rings is 1. The fourth-order valence-corrected chi connectivity index (χ4v) is 3.39. The van der Waals surface area contributed by atoms with Gasteiger partial charge in [-0.15, -0.1) is 0 Å². The molecule has 1 heterocycles. The topological polar surface area (TPSA) is 40.5 Å². The van der Waals surface area contributed by atoms with Gasteiger partial charge >= 0.3 is 12.1 Å². The molecule has 2 unspecified atom stereocenters. The molecule has 134 valence electrons. The minimum atomic E-state index is -4.30. The molecule has 6 heteroatoms. The monoisotopic (exact) mass is 343 g/mol. The van der Waals surface area contributed by atoms with Crippen molar-refractivity contribution in [1.29, 1.82) is 0 Å². The first-order valence-corrected chi connectivity index (χ1v) is 8.37. The summed E-state index contributed by atoms with van der Waals surface area (Å²) < 4.78 is 38.0. The Hall–Kier alpha value is -1.56. The van der Waals surface area contributed by atoms with E-state index in [0.717, 1.165) is 38.4 Å². The number of nitrogens with zero attached hydrogens (tertiary/aromatic N) is 1. The Morgan fingerprint density at radius 3 is 2.71 bits per heavy atom. The van der Waals surface area contributed by atoms with Crippen LogP contribution in [-0.2, 0) is 17.4 Å². The van der Waals surface area contributed by atoms with E-state index in [-0.39, 0.29) is 5.92 Å². The second-order valence-corrected chi connectivity index (χ2v) is 6.79. The number of unbranched alkanes of at least 4 members (excludes halogenated alkanes) is 1. The van der Waals surface area contributed by atoms with Crippen molar-refractivity contribution in [2.24, 2.45) is 11.8 Å². The molecule has 24 heavy (non-hydrogen) atoms. The summed E-state index contributed by atoms with van der Waals surface area (Å²) in [6, 6.07) is 5.47. The maximum atomic E-state index is 12.7. The second-order valence-electron chi connectivity index (χ2n) is 6.79. The Bertz CT molecular complexity index is 559. The van der Waals surface area contributed by atoms with Crippen molar-refractivity contribution >= 4 is 5.97 Å². The SMILES string of the molecule is CC1CC(C(=O)O)CN(CCCCc2cccc(C(F)(F)F)c2)C1. The average Bonchev–Trinajstić information content (AvgIpc) is 2.50. The third-order valence-corrected chi connectivity index (χ3v) is 4.53. The molecule has 1 aromatic rings. The fourth-order valence-electron chi connectivity index (χ4n) is 3.39.